The van der Waals surface area contributed by atoms with Gasteiger partial charge in [-0.25, -0.2) is 9.98 Å². The standard InChI is InChI=1S/C11H9F3N2O/c1-17-10-6-9(11(12,13)14)15-7-4-2-3-5-8(7)16-10/h2-5H,6H2,1H3. The van der Waals surface area contributed by atoms with Gasteiger partial charge in [0.1, 0.15) is 5.71 Å². The molecule has 0 fully saturated rings. The third-order valence-electron chi connectivity index (χ3n) is 2.26. The first-order valence-corrected chi connectivity index (χ1v) is 4.86. The molecule has 3 nitrogen and oxygen atoms in total. The molecule has 17 heavy (non-hydrogen) atoms. The van der Waals surface area contributed by atoms with Crippen molar-refractivity contribution in [3.63, 3.8) is 0 Å². The van der Waals surface area contributed by atoms with Crippen LogP contribution >= 0.6 is 0 Å². The first-order valence-electron chi connectivity index (χ1n) is 4.86. The van der Waals surface area contributed by atoms with Crippen LogP contribution in [0.2, 0.25) is 0 Å². The van der Waals surface area contributed by atoms with E-state index in [1.165, 1.54) is 13.2 Å². The summed E-state index contributed by atoms with van der Waals surface area (Å²) in [4.78, 5) is 7.61. The molecular weight excluding hydrogens is 233 g/mol. The fraction of sp³-hybridized carbons (Fsp3) is 0.273. The molecule has 0 bridgehead atoms. The predicted octanol–water partition coefficient (Wildman–Crippen LogP) is 3.40. The van der Waals surface area contributed by atoms with Crippen LogP contribution in [-0.4, -0.2) is 24.9 Å². The predicted molar refractivity (Wildman–Crippen MR) is 58.3 cm³/mol. The second-order valence-electron chi connectivity index (χ2n) is 3.43. The van der Waals surface area contributed by atoms with E-state index in [-0.39, 0.29) is 11.6 Å². The summed E-state index contributed by atoms with van der Waals surface area (Å²) in [6, 6.07) is 6.38. The number of hydrogen-bond acceptors (Lipinski definition) is 3. The number of benzene rings is 1. The summed E-state index contributed by atoms with van der Waals surface area (Å²) in [7, 11) is 1.29. The van der Waals surface area contributed by atoms with Crippen LogP contribution in [0.15, 0.2) is 34.3 Å². The van der Waals surface area contributed by atoms with Crippen molar-refractivity contribution in [2.75, 3.05) is 7.11 Å². The number of hydrogen-bond donors (Lipinski definition) is 0. The van der Waals surface area contributed by atoms with Gasteiger partial charge in [-0.1, -0.05) is 12.1 Å². The molecule has 0 saturated carbocycles. The molecule has 0 atom stereocenters. The number of ether oxygens (including phenoxy) is 1. The molecule has 1 aromatic rings. The van der Waals surface area contributed by atoms with Crippen molar-refractivity contribution in [1.29, 1.82) is 0 Å². The maximum atomic E-state index is 12.7. The van der Waals surface area contributed by atoms with Gasteiger partial charge in [0.2, 0.25) is 0 Å². The van der Waals surface area contributed by atoms with Crippen LogP contribution in [0.1, 0.15) is 6.42 Å². The monoisotopic (exact) mass is 242 g/mol. The summed E-state index contributed by atoms with van der Waals surface area (Å²) in [6.07, 6.45) is -4.93. The summed E-state index contributed by atoms with van der Waals surface area (Å²) >= 11 is 0. The zero-order valence-corrected chi connectivity index (χ0v) is 8.95. The molecule has 0 unspecified atom stereocenters. The highest BCUT2D eigenvalue weighted by Crippen LogP contribution is 2.33. The smallest absolute Gasteiger partial charge is 0.430 e. The summed E-state index contributed by atoms with van der Waals surface area (Å²) < 4.78 is 42.9. The van der Waals surface area contributed by atoms with Crippen LogP contribution in [0.25, 0.3) is 0 Å². The van der Waals surface area contributed by atoms with Crippen LogP contribution in [0.4, 0.5) is 24.5 Å². The van der Waals surface area contributed by atoms with Gasteiger partial charge in [-0.05, 0) is 12.1 Å². The van der Waals surface area contributed by atoms with E-state index in [0.29, 0.717) is 5.69 Å². The molecule has 1 aliphatic heterocycles. The lowest BCUT2D eigenvalue weighted by Crippen LogP contribution is -2.25. The first kappa shape index (κ1) is 11.6. The number of alkyl halides is 3. The number of rotatable bonds is 0. The fourth-order valence-electron chi connectivity index (χ4n) is 1.44. The highest BCUT2D eigenvalue weighted by molar-refractivity contribution is 6.07. The van der Waals surface area contributed by atoms with Gasteiger partial charge in [0.05, 0.1) is 24.9 Å². The molecule has 0 N–H and O–H groups in total. The number of halogens is 3. The summed E-state index contributed by atoms with van der Waals surface area (Å²) in [5.41, 5.74) is -0.321. The highest BCUT2D eigenvalue weighted by atomic mass is 19.4. The topological polar surface area (TPSA) is 34.0 Å². The normalized spacial score (nSPS) is 15.5. The second kappa shape index (κ2) is 4.20. The largest absolute Gasteiger partial charge is 0.484 e. The number of para-hydroxylation sites is 2. The molecule has 0 spiro atoms. The molecule has 1 aromatic carbocycles. The minimum absolute atomic E-state index is 0.00558. The van der Waals surface area contributed by atoms with E-state index in [0.717, 1.165) is 0 Å². The van der Waals surface area contributed by atoms with Gasteiger partial charge in [0.15, 0.2) is 5.90 Å². The quantitative estimate of drug-likeness (QED) is 0.686. The summed E-state index contributed by atoms with van der Waals surface area (Å²) in [5, 5.41) is 0. The fourth-order valence-corrected chi connectivity index (χ4v) is 1.44. The minimum atomic E-state index is -4.48. The number of nitrogens with zero attached hydrogens (tertiary/aromatic N) is 2. The molecule has 90 valence electrons. The van der Waals surface area contributed by atoms with Crippen molar-refractivity contribution in [2.24, 2.45) is 9.98 Å². The zero-order chi connectivity index (χ0) is 12.5. The SMILES string of the molecule is COC1=Nc2ccccc2N=C(C(F)(F)F)C1. The van der Waals surface area contributed by atoms with Gasteiger partial charge in [-0.2, -0.15) is 13.2 Å². The van der Waals surface area contributed by atoms with E-state index in [2.05, 4.69) is 9.98 Å². The Morgan fingerprint density at radius 3 is 2.24 bits per heavy atom. The Labute approximate surface area is 95.7 Å². The van der Waals surface area contributed by atoms with Gasteiger partial charge in [0.25, 0.3) is 0 Å². The van der Waals surface area contributed by atoms with Crippen LogP contribution in [0.5, 0.6) is 0 Å². The lowest BCUT2D eigenvalue weighted by atomic mass is 10.2. The maximum absolute atomic E-state index is 12.7. The van der Waals surface area contributed by atoms with E-state index >= 15 is 0 Å². The Hall–Kier alpha value is -1.85. The van der Waals surface area contributed by atoms with E-state index in [4.69, 9.17) is 4.74 Å². The van der Waals surface area contributed by atoms with Crippen molar-refractivity contribution in [2.45, 2.75) is 12.6 Å². The van der Waals surface area contributed by atoms with Crippen molar-refractivity contribution >= 4 is 23.0 Å². The maximum Gasteiger partial charge on any atom is 0.430 e. The van der Waals surface area contributed by atoms with Crippen LogP contribution in [-0.2, 0) is 4.74 Å². The molecule has 1 heterocycles. The lowest BCUT2D eigenvalue weighted by Gasteiger charge is -2.09. The molecule has 0 amide bonds. The Bertz CT molecular complexity index is 492. The van der Waals surface area contributed by atoms with E-state index in [1.807, 2.05) is 0 Å². The van der Waals surface area contributed by atoms with Gasteiger partial charge in [-0.3, -0.25) is 0 Å². The molecule has 2 rings (SSSR count). The molecule has 0 saturated heterocycles. The molecule has 6 heteroatoms. The third kappa shape index (κ3) is 2.46. The van der Waals surface area contributed by atoms with Crippen LogP contribution < -0.4 is 0 Å². The van der Waals surface area contributed by atoms with Crippen molar-refractivity contribution < 1.29 is 17.9 Å². The highest BCUT2D eigenvalue weighted by Gasteiger charge is 2.37. The molecule has 0 radical (unpaired) electrons. The molecule has 0 aliphatic carbocycles. The summed E-state index contributed by atoms with van der Waals surface area (Å²) in [6.45, 7) is 0. The second-order valence-corrected chi connectivity index (χ2v) is 3.43. The first-order chi connectivity index (χ1) is 8.00. The Kier molecular flexibility index (Phi) is 2.87. The average Bonchev–Trinajstić information content (AvgIpc) is 2.46. The van der Waals surface area contributed by atoms with Gasteiger partial charge >= 0.3 is 6.18 Å². The molecule has 0 aromatic heterocycles. The van der Waals surface area contributed by atoms with Gasteiger partial charge in [-0.15, -0.1) is 0 Å². The zero-order valence-electron chi connectivity index (χ0n) is 8.95. The Morgan fingerprint density at radius 2 is 1.71 bits per heavy atom. The van der Waals surface area contributed by atoms with Gasteiger partial charge in [0, 0.05) is 0 Å². The average molecular weight is 242 g/mol. The van der Waals surface area contributed by atoms with Crippen LogP contribution in [0.3, 0.4) is 0 Å². The van der Waals surface area contributed by atoms with Crippen molar-refractivity contribution in [3.05, 3.63) is 24.3 Å². The van der Waals surface area contributed by atoms with Crippen molar-refractivity contribution in [1.82, 2.24) is 0 Å². The number of methoxy groups -OCH3 is 1. The number of fused-ring (bicyclic) bond motifs is 1. The van der Waals surface area contributed by atoms with Crippen molar-refractivity contribution in [3.8, 4) is 0 Å². The van der Waals surface area contributed by atoms with E-state index in [1.54, 1.807) is 18.2 Å². The lowest BCUT2D eigenvalue weighted by molar-refractivity contribution is -0.0598. The Balaban J connectivity index is 2.55. The molecule has 1 aliphatic rings. The third-order valence-corrected chi connectivity index (χ3v) is 2.26. The van der Waals surface area contributed by atoms with Gasteiger partial charge < -0.3 is 4.74 Å². The number of aliphatic imine (C=N–C) groups is 2. The Morgan fingerprint density at radius 1 is 1.12 bits per heavy atom. The van der Waals surface area contributed by atoms with E-state index < -0.39 is 18.3 Å². The van der Waals surface area contributed by atoms with E-state index in [9.17, 15) is 13.2 Å². The molecular formula is C11H9F3N2O. The summed E-state index contributed by atoms with van der Waals surface area (Å²) in [5.74, 6) is 0.00558. The minimum Gasteiger partial charge on any atom is -0.484 e. The van der Waals surface area contributed by atoms with Crippen LogP contribution in [0, 0.1) is 0 Å².